The van der Waals surface area contributed by atoms with Gasteiger partial charge in [0, 0.05) is 0 Å². The predicted octanol–water partition coefficient (Wildman–Crippen LogP) is 4.89. The molecule has 2 fully saturated rings. The molecule has 0 aliphatic heterocycles. The normalized spacial score (nSPS) is 25.0. The monoisotopic (exact) mass is 256 g/mol. The van der Waals surface area contributed by atoms with Crippen LogP contribution in [-0.4, -0.2) is 17.9 Å². The summed E-state index contributed by atoms with van der Waals surface area (Å²) in [5.74, 6) is 0. The van der Waals surface area contributed by atoms with E-state index in [0.29, 0.717) is 18.4 Å². The van der Waals surface area contributed by atoms with Gasteiger partial charge in [0.05, 0.1) is 12.2 Å². The van der Waals surface area contributed by atoms with E-state index < -0.39 is 5.67 Å². The Kier molecular flexibility index (Phi) is 3.33. The first-order chi connectivity index (χ1) is 8.04. The van der Waals surface area contributed by atoms with Gasteiger partial charge in [0.15, 0.2) is 0 Å². The van der Waals surface area contributed by atoms with Crippen molar-refractivity contribution in [2.45, 2.75) is 84.4 Å². The lowest BCUT2D eigenvalue weighted by Gasteiger charge is -2.32. The minimum atomic E-state index is -0.867. The molecule has 2 saturated carbocycles. The molecule has 2 aliphatic carbocycles. The highest BCUT2D eigenvalue weighted by Gasteiger charge is 2.50. The average Bonchev–Trinajstić information content (AvgIpc) is 3.02. The maximum Gasteiger partial charge on any atom is 0.111 e. The summed E-state index contributed by atoms with van der Waals surface area (Å²) in [5, 5.41) is 0. The fourth-order valence-electron chi connectivity index (χ4n) is 3.05. The summed E-state index contributed by atoms with van der Waals surface area (Å²) in [6, 6.07) is 0. The van der Waals surface area contributed by atoms with E-state index in [1.165, 1.54) is 12.8 Å². The van der Waals surface area contributed by atoms with Gasteiger partial charge in [-0.25, -0.2) is 4.39 Å². The van der Waals surface area contributed by atoms with Crippen LogP contribution in [0.1, 0.15) is 73.1 Å². The van der Waals surface area contributed by atoms with Crippen molar-refractivity contribution in [3.05, 3.63) is 0 Å². The van der Waals surface area contributed by atoms with Gasteiger partial charge < -0.3 is 4.74 Å². The van der Waals surface area contributed by atoms with Crippen molar-refractivity contribution in [2.75, 3.05) is 6.61 Å². The van der Waals surface area contributed by atoms with Gasteiger partial charge in [0.2, 0.25) is 0 Å². The molecule has 2 rings (SSSR count). The predicted molar refractivity (Wildman–Crippen MR) is 73.5 cm³/mol. The Labute approximate surface area is 111 Å². The second-order valence-corrected chi connectivity index (χ2v) is 8.70. The third-order valence-corrected chi connectivity index (χ3v) is 4.02. The van der Waals surface area contributed by atoms with Crippen molar-refractivity contribution in [2.24, 2.45) is 10.8 Å². The van der Waals surface area contributed by atoms with E-state index in [1.54, 1.807) is 0 Å². The van der Waals surface area contributed by atoms with Crippen molar-refractivity contribution < 1.29 is 9.13 Å². The van der Waals surface area contributed by atoms with Gasteiger partial charge in [-0.2, -0.15) is 0 Å². The SMILES string of the molecule is CC(C)(C)CC1(OCC(C)(C)CC2(F)CC2)CC1. The molecule has 0 radical (unpaired) electrons. The molecular weight excluding hydrogens is 227 g/mol. The van der Waals surface area contributed by atoms with Gasteiger partial charge in [-0.15, -0.1) is 0 Å². The summed E-state index contributed by atoms with van der Waals surface area (Å²) in [6.07, 6.45) is 5.65. The molecule has 1 nitrogen and oxygen atoms in total. The third-order valence-electron chi connectivity index (χ3n) is 4.02. The molecule has 0 atom stereocenters. The van der Waals surface area contributed by atoms with E-state index in [-0.39, 0.29) is 11.0 Å². The fraction of sp³-hybridized carbons (Fsp3) is 1.00. The minimum absolute atomic E-state index is 0.0290. The van der Waals surface area contributed by atoms with E-state index in [9.17, 15) is 4.39 Å². The second kappa shape index (κ2) is 4.19. The van der Waals surface area contributed by atoms with E-state index in [4.69, 9.17) is 4.74 Å². The number of alkyl halides is 1. The van der Waals surface area contributed by atoms with Gasteiger partial charge in [-0.3, -0.25) is 0 Å². The van der Waals surface area contributed by atoms with Crippen molar-refractivity contribution >= 4 is 0 Å². The summed E-state index contributed by atoms with van der Waals surface area (Å²) < 4.78 is 20.0. The van der Waals surface area contributed by atoms with Gasteiger partial charge in [0.25, 0.3) is 0 Å². The molecule has 0 heterocycles. The second-order valence-electron chi connectivity index (χ2n) is 8.70. The summed E-state index contributed by atoms with van der Waals surface area (Å²) in [5.41, 5.74) is -0.465. The van der Waals surface area contributed by atoms with E-state index >= 15 is 0 Å². The molecule has 0 aromatic rings. The lowest BCUT2D eigenvalue weighted by atomic mass is 9.86. The Hall–Kier alpha value is -0.110. The number of halogens is 1. The molecule has 0 aromatic carbocycles. The first-order valence-electron chi connectivity index (χ1n) is 7.36. The minimum Gasteiger partial charge on any atom is -0.374 e. The van der Waals surface area contributed by atoms with Crippen LogP contribution in [0.15, 0.2) is 0 Å². The van der Waals surface area contributed by atoms with Crippen molar-refractivity contribution in [3.63, 3.8) is 0 Å². The molecule has 0 amide bonds. The highest BCUT2D eigenvalue weighted by molar-refractivity contribution is 5.01. The van der Waals surface area contributed by atoms with Crippen LogP contribution >= 0.6 is 0 Å². The zero-order valence-corrected chi connectivity index (χ0v) is 12.7. The molecule has 106 valence electrons. The van der Waals surface area contributed by atoms with E-state index in [2.05, 4.69) is 34.6 Å². The van der Waals surface area contributed by atoms with Crippen LogP contribution in [0, 0.1) is 10.8 Å². The molecule has 18 heavy (non-hydrogen) atoms. The molecule has 0 bridgehead atoms. The Bertz CT molecular complexity index is 296. The first-order valence-corrected chi connectivity index (χ1v) is 7.36. The molecule has 0 unspecified atom stereocenters. The maximum absolute atomic E-state index is 13.8. The van der Waals surface area contributed by atoms with Crippen LogP contribution in [0.2, 0.25) is 0 Å². The van der Waals surface area contributed by atoms with Gasteiger partial charge in [0.1, 0.15) is 5.67 Å². The zero-order chi connectivity index (χ0) is 13.7. The molecule has 0 aromatic heterocycles. The third kappa shape index (κ3) is 4.22. The number of hydrogen-bond donors (Lipinski definition) is 0. The van der Waals surface area contributed by atoms with Gasteiger partial charge in [-0.05, 0) is 49.4 Å². The summed E-state index contributed by atoms with van der Waals surface area (Å²) in [6.45, 7) is 11.8. The molecular formula is C16H29FO. The largest absolute Gasteiger partial charge is 0.374 e. The Balaban J connectivity index is 1.80. The Morgan fingerprint density at radius 2 is 1.50 bits per heavy atom. The quantitative estimate of drug-likeness (QED) is 0.657. The number of hydrogen-bond acceptors (Lipinski definition) is 1. The lowest BCUT2D eigenvalue weighted by molar-refractivity contribution is -0.0426. The fourth-order valence-corrected chi connectivity index (χ4v) is 3.05. The van der Waals surface area contributed by atoms with Crippen molar-refractivity contribution in [1.29, 1.82) is 0 Å². The smallest absolute Gasteiger partial charge is 0.111 e. The number of rotatable bonds is 6. The summed E-state index contributed by atoms with van der Waals surface area (Å²) in [7, 11) is 0. The molecule has 2 aliphatic rings. The van der Waals surface area contributed by atoms with Crippen LogP contribution in [-0.2, 0) is 4.74 Å². The highest BCUT2D eigenvalue weighted by Crippen LogP contribution is 2.51. The molecule has 2 heteroatoms. The Morgan fingerprint density at radius 3 is 1.89 bits per heavy atom. The zero-order valence-electron chi connectivity index (χ0n) is 12.7. The molecule has 0 spiro atoms. The summed E-state index contributed by atoms with van der Waals surface area (Å²) >= 11 is 0. The van der Waals surface area contributed by atoms with E-state index in [1.807, 2.05) is 0 Å². The van der Waals surface area contributed by atoms with Gasteiger partial charge >= 0.3 is 0 Å². The van der Waals surface area contributed by atoms with Crippen molar-refractivity contribution in [1.82, 2.24) is 0 Å². The Morgan fingerprint density at radius 1 is 0.944 bits per heavy atom. The van der Waals surface area contributed by atoms with Crippen LogP contribution in [0.4, 0.5) is 4.39 Å². The first kappa shape index (κ1) is 14.3. The highest BCUT2D eigenvalue weighted by atomic mass is 19.1. The lowest BCUT2D eigenvalue weighted by Crippen LogP contribution is -2.30. The van der Waals surface area contributed by atoms with Crippen molar-refractivity contribution in [3.8, 4) is 0 Å². The van der Waals surface area contributed by atoms with Gasteiger partial charge in [-0.1, -0.05) is 34.6 Å². The van der Waals surface area contributed by atoms with Crippen LogP contribution in [0.5, 0.6) is 0 Å². The standard InChI is InChI=1S/C16H29FO/c1-13(2,3)10-16(8-9-16)18-12-14(4,5)11-15(17)6-7-15/h6-12H2,1-5H3. The maximum atomic E-state index is 13.8. The van der Waals surface area contributed by atoms with E-state index in [0.717, 1.165) is 19.3 Å². The summed E-state index contributed by atoms with van der Waals surface area (Å²) in [4.78, 5) is 0. The van der Waals surface area contributed by atoms with Crippen LogP contribution in [0.25, 0.3) is 0 Å². The molecule has 0 N–H and O–H groups in total. The topological polar surface area (TPSA) is 9.23 Å². The number of ether oxygens (including phenoxy) is 1. The average molecular weight is 256 g/mol. The van der Waals surface area contributed by atoms with Crippen LogP contribution in [0.3, 0.4) is 0 Å². The molecule has 0 saturated heterocycles. The van der Waals surface area contributed by atoms with Crippen LogP contribution < -0.4 is 0 Å².